The van der Waals surface area contributed by atoms with Crippen LogP contribution in [0.1, 0.15) is 48.3 Å². The van der Waals surface area contributed by atoms with Gasteiger partial charge in [0.15, 0.2) is 0 Å². The van der Waals surface area contributed by atoms with Crippen molar-refractivity contribution >= 4 is 29.1 Å². The fourth-order valence-electron chi connectivity index (χ4n) is 4.55. The minimum absolute atomic E-state index is 0.00757. The minimum atomic E-state index is -0.390. The van der Waals surface area contributed by atoms with E-state index in [1.807, 2.05) is 48.2 Å². The number of nitrogens with one attached hydrogen (secondary N) is 1. The van der Waals surface area contributed by atoms with Crippen molar-refractivity contribution in [3.63, 3.8) is 0 Å². The molecule has 5 nitrogen and oxygen atoms in total. The Bertz CT molecular complexity index is 916. The summed E-state index contributed by atoms with van der Waals surface area (Å²) in [5.74, 6) is -0.00899. The van der Waals surface area contributed by atoms with E-state index in [0.29, 0.717) is 23.7 Å². The summed E-state index contributed by atoms with van der Waals surface area (Å²) in [5, 5.41) is 3.73. The van der Waals surface area contributed by atoms with E-state index in [4.69, 9.17) is 11.6 Å². The molecule has 2 aliphatic rings. The Kier molecular flexibility index (Phi) is 5.11. The third-order valence-corrected chi connectivity index (χ3v) is 6.17. The lowest BCUT2D eigenvalue weighted by Crippen LogP contribution is -2.46. The maximum Gasteiger partial charge on any atom is 0.270 e. The number of amides is 2. The molecule has 1 aromatic heterocycles. The van der Waals surface area contributed by atoms with Crippen LogP contribution >= 0.6 is 11.6 Å². The molecular formula is C22H24ClN3O2. The zero-order valence-corrected chi connectivity index (χ0v) is 16.7. The van der Waals surface area contributed by atoms with E-state index in [9.17, 15) is 9.59 Å². The van der Waals surface area contributed by atoms with Gasteiger partial charge in [0.25, 0.3) is 5.91 Å². The number of benzene rings is 1. The second kappa shape index (κ2) is 7.55. The number of carbonyl (C=O) groups excluding carboxylic acids is 2. The van der Waals surface area contributed by atoms with Crippen LogP contribution in [0.3, 0.4) is 0 Å². The summed E-state index contributed by atoms with van der Waals surface area (Å²) in [7, 11) is 0. The topological polar surface area (TPSA) is 62.3 Å². The SMILES string of the molecule is Cc1cccc(C(=O)N[C@H]2CCC[C@@]3(CCN(c4cccc(Cl)c4)C3=O)C2)n1. The quantitative estimate of drug-likeness (QED) is 0.846. The van der Waals surface area contributed by atoms with E-state index < -0.39 is 5.41 Å². The number of aromatic nitrogens is 1. The lowest BCUT2D eigenvalue weighted by Gasteiger charge is -2.36. The van der Waals surface area contributed by atoms with E-state index in [-0.39, 0.29) is 17.9 Å². The average molecular weight is 398 g/mol. The monoisotopic (exact) mass is 397 g/mol. The molecule has 2 atom stereocenters. The predicted molar refractivity (Wildman–Crippen MR) is 110 cm³/mol. The first-order valence-corrected chi connectivity index (χ1v) is 10.2. The van der Waals surface area contributed by atoms with Crippen molar-refractivity contribution in [2.75, 3.05) is 11.4 Å². The van der Waals surface area contributed by atoms with Crippen LogP contribution in [0.2, 0.25) is 5.02 Å². The van der Waals surface area contributed by atoms with E-state index >= 15 is 0 Å². The van der Waals surface area contributed by atoms with Gasteiger partial charge in [0.05, 0.1) is 5.41 Å². The maximum atomic E-state index is 13.3. The average Bonchev–Trinajstić information content (AvgIpc) is 2.97. The first-order valence-electron chi connectivity index (χ1n) is 9.79. The maximum absolute atomic E-state index is 13.3. The number of anilines is 1. The van der Waals surface area contributed by atoms with Gasteiger partial charge in [0.2, 0.25) is 5.91 Å². The van der Waals surface area contributed by atoms with E-state index in [1.165, 1.54) is 0 Å². The van der Waals surface area contributed by atoms with Gasteiger partial charge in [-0.25, -0.2) is 4.98 Å². The van der Waals surface area contributed by atoms with Crippen LogP contribution in [0.15, 0.2) is 42.5 Å². The molecule has 0 radical (unpaired) electrons. The first kappa shape index (κ1) is 18.9. The molecule has 2 aromatic rings. The third kappa shape index (κ3) is 3.63. The summed E-state index contributed by atoms with van der Waals surface area (Å²) in [5.41, 5.74) is 1.71. The summed E-state index contributed by atoms with van der Waals surface area (Å²) in [6, 6.07) is 12.9. The van der Waals surface area contributed by atoms with Gasteiger partial charge in [0, 0.05) is 29.0 Å². The van der Waals surface area contributed by atoms with Gasteiger partial charge in [-0.3, -0.25) is 9.59 Å². The fraction of sp³-hybridized carbons (Fsp3) is 0.409. The van der Waals surface area contributed by atoms with Crippen LogP contribution in [0.4, 0.5) is 5.69 Å². The van der Waals surface area contributed by atoms with Gasteiger partial charge in [-0.15, -0.1) is 0 Å². The van der Waals surface area contributed by atoms with Crippen LogP contribution in [0.5, 0.6) is 0 Å². The molecule has 6 heteroatoms. The molecule has 146 valence electrons. The van der Waals surface area contributed by atoms with Crippen LogP contribution in [0.25, 0.3) is 0 Å². The first-order chi connectivity index (χ1) is 13.5. The normalized spacial score (nSPS) is 24.6. The van der Waals surface area contributed by atoms with Crippen molar-refractivity contribution in [3.05, 3.63) is 58.9 Å². The second-order valence-corrected chi connectivity index (χ2v) is 8.33. The molecule has 0 unspecified atom stereocenters. The van der Waals surface area contributed by atoms with Crippen LogP contribution in [-0.2, 0) is 4.79 Å². The highest BCUT2D eigenvalue weighted by atomic mass is 35.5. The lowest BCUT2D eigenvalue weighted by atomic mass is 9.71. The van der Waals surface area contributed by atoms with E-state index in [1.54, 1.807) is 6.07 Å². The molecule has 1 saturated carbocycles. The molecule has 2 fully saturated rings. The summed E-state index contributed by atoms with van der Waals surface area (Å²) >= 11 is 6.11. The zero-order chi connectivity index (χ0) is 19.7. The van der Waals surface area contributed by atoms with Crippen molar-refractivity contribution < 1.29 is 9.59 Å². The number of carbonyl (C=O) groups is 2. The number of nitrogens with zero attached hydrogens (tertiary/aromatic N) is 2. The lowest BCUT2D eigenvalue weighted by molar-refractivity contribution is -0.127. The van der Waals surface area contributed by atoms with Gasteiger partial charge in [-0.05, 0) is 62.9 Å². The molecule has 1 spiro atoms. The highest BCUT2D eigenvalue weighted by Gasteiger charge is 2.49. The predicted octanol–water partition coefficient (Wildman–Crippen LogP) is 4.14. The van der Waals surface area contributed by atoms with Crippen LogP contribution in [-0.4, -0.2) is 29.4 Å². The number of aryl methyl sites for hydroxylation is 1. The molecule has 2 heterocycles. The van der Waals surface area contributed by atoms with Crippen molar-refractivity contribution in [1.82, 2.24) is 10.3 Å². The van der Waals surface area contributed by atoms with Gasteiger partial charge in [-0.1, -0.05) is 30.2 Å². The fourth-order valence-corrected chi connectivity index (χ4v) is 4.73. The Hall–Kier alpha value is -2.40. The van der Waals surface area contributed by atoms with E-state index in [2.05, 4.69) is 10.3 Å². The van der Waals surface area contributed by atoms with Gasteiger partial charge in [-0.2, -0.15) is 0 Å². The molecule has 28 heavy (non-hydrogen) atoms. The standard InChI is InChI=1S/C22H24ClN3O2/c1-15-5-2-9-19(24-15)20(27)25-17-7-4-10-22(14-17)11-12-26(21(22)28)18-8-3-6-16(23)13-18/h2-3,5-6,8-9,13,17H,4,7,10-12,14H2,1H3,(H,25,27)/t17-,22+/m0/s1. The molecule has 1 aromatic carbocycles. The summed E-state index contributed by atoms with van der Waals surface area (Å²) in [6.07, 6.45) is 4.19. The van der Waals surface area contributed by atoms with Crippen molar-refractivity contribution in [1.29, 1.82) is 0 Å². The molecule has 1 N–H and O–H groups in total. The van der Waals surface area contributed by atoms with Crippen molar-refractivity contribution in [2.45, 2.75) is 45.1 Å². The Morgan fingerprint density at radius 1 is 1.25 bits per heavy atom. The van der Waals surface area contributed by atoms with E-state index in [0.717, 1.165) is 37.1 Å². The van der Waals surface area contributed by atoms with Gasteiger partial charge >= 0.3 is 0 Å². The smallest absolute Gasteiger partial charge is 0.270 e. The third-order valence-electron chi connectivity index (χ3n) is 5.93. The number of pyridine rings is 1. The molecule has 1 saturated heterocycles. The summed E-state index contributed by atoms with van der Waals surface area (Å²) in [4.78, 5) is 32.0. The zero-order valence-electron chi connectivity index (χ0n) is 16.0. The number of hydrogen-bond donors (Lipinski definition) is 1. The second-order valence-electron chi connectivity index (χ2n) is 7.90. The molecular weight excluding hydrogens is 374 g/mol. The number of hydrogen-bond acceptors (Lipinski definition) is 3. The van der Waals surface area contributed by atoms with Gasteiger partial charge in [0.1, 0.15) is 5.69 Å². The molecule has 2 amide bonds. The number of rotatable bonds is 3. The Morgan fingerprint density at radius 2 is 2.07 bits per heavy atom. The molecule has 1 aliphatic heterocycles. The molecule has 1 aliphatic carbocycles. The van der Waals surface area contributed by atoms with Crippen LogP contribution in [0, 0.1) is 12.3 Å². The molecule has 0 bridgehead atoms. The Balaban J connectivity index is 1.47. The Labute approximate surface area is 170 Å². The minimum Gasteiger partial charge on any atom is -0.348 e. The van der Waals surface area contributed by atoms with Crippen LogP contribution < -0.4 is 10.2 Å². The molecule has 4 rings (SSSR count). The Morgan fingerprint density at radius 3 is 2.86 bits per heavy atom. The largest absolute Gasteiger partial charge is 0.348 e. The van der Waals surface area contributed by atoms with Gasteiger partial charge < -0.3 is 10.2 Å². The van der Waals surface area contributed by atoms with Crippen molar-refractivity contribution in [2.24, 2.45) is 5.41 Å². The summed E-state index contributed by atoms with van der Waals surface area (Å²) in [6.45, 7) is 2.56. The highest BCUT2D eigenvalue weighted by Crippen LogP contribution is 2.46. The highest BCUT2D eigenvalue weighted by molar-refractivity contribution is 6.31. The summed E-state index contributed by atoms with van der Waals surface area (Å²) < 4.78 is 0. The van der Waals surface area contributed by atoms with Crippen molar-refractivity contribution in [3.8, 4) is 0 Å². The number of halogens is 1.